The van der Waals surface area contributed by atoms with Crippen molar-refractivity contribution >= 4 is 27.2 Å². The Morgan fingerprint density at radius 3 is 2.46 bits per heavy atom. The zero-order valence-corrected chi connectivity index (χ0v) is 14.6. The van der Waals surface area contributed by atoms with Crippen LogP contribution in [-0.2, 0) is 9.84 Å². The summed E-state index contributed by atoms with van der Waals surface area (Å²) >= 11 is 0. The minimum Gasteiger partial charge on any atom is -0.336 e. The molecule has 0 radical (unpaired) electrons. The van der Waals surface area contributed by atoms with Gasteiger partial charge < -0.3 is 10.2 Å². The van der Waals surface area contributed by atoms with E-state index in [1.165, 1.54) is 30.4 Å². The smallest absolute Gasteiger partial charge is 0.274 e. The molecule has 1 aliphatic rings. The second-order valence-electron chi connectivity index (χ2n) is 5.98. The number of hydrogen-bond donors (Lipinski definition) is 1. The van der Waals surface area contributed by atoms with E-state index in [-0.39, 0.29) is 28.7 Å². The highest BCUT2D eigenvalue weighted by Crippen LogP contribution is 2.22. The van der Waals surface area contributed by atoms with E-state index in [1.807, 2.05) is 0 Å². The fourth-order valence-corrected chi connectivity index (χ4v) is 4.45. The van der Waals surface area contributed by atoms with Crippen LogP contribution >= 0.6 is 0 Å². The van der Waals surface area contributed by atoms with Gasteiger partial charge in [0.1, 0.15) is 28.8 Å². The van der Waals surface area contributed by atoms with E-state index in [2.05, 4.69) is 15.3 Å². The third-order valence-electron chi connectivity index (χ3n) is 4.16. The van der Waals surface area contributed by atoms with E-state index in [4.69, 9.17) is 0 Å². The predicted octanol–water partition coefficient (Wildman–Crippen LogP) is 1.76. The van der Waals surface area contributed by atoms with Crippen molar-refractivity contribution in [1.29, 1.82) is 0 Å². The summed E-state index contributed by atoms with van der Waals surface area (Å²) < 4.78 is 50.3. The number of nitrogens with zero attached hydrogens (tertiary/aromatic N) is 3. The number of halogens is 2. The Morgan fingerprint density at radius 2 is 1.92 bits per heavy atom. The SMILES string of the molecule is CN(C(=O)c1cnc(Nc2c(F)cccc2F)cn1)C1CCS(=O)(=O)C1. The van der Waals surface area contributed by atoms with Crippen molar-refractivity contribution in [3.63, 3.8) is 0 Å². The monoisotopic (exact) mass is 382 g/mol. The lowest BCUT2D eigenvalue weighted by atomic mass is 10.2. The molecule has 1 amide bonds. The largest absolute Gasteiger partial charge is 0.336 e. The molecule has 0 aliphatic carbocycles. The number of nitrogens with one attached hydrogen (secondary N) is 1. The van der Waals surface area contributed by atoms with Crippen LogP contribution in [0, 0.1) is 11.6 Å². The highest BCUT2D eigenvalue weighted by Gasteiger charge is 2.33. The van der Waals surface area contributed by atoms with E-state index in [1.54, 1.807) is 0 Å². The molecule has 138 valence electrons. The molecule has 0 bridgehead atoms. The molecule has 1 unspecified atom stereocenters. The Hall–Kier alpha value is -2.62. The first-order chi connectivity index (χ1) is 12.3. The van der Waals surface area contributed by atoms with Crippen LogP contribution in [0.25, 0.3) is 0 Å². The molecule has 1 saturated heterocycles. The van der Waals surface area contributed by atoms with Crippen molar-refractivity contribution in [2.24, 2.45) is 0 Å². The van der Waals surface area contributed by atoms with Gasteiger partial charge in [-0.25, -0.2) is 27.2 Å². The number of rotatable bonds is 4. The van der Waals surface area contributed by atoms with Gasteiger partial charge in [0.15, 0.2) is 9.84 Å². The Bertz CT molecular complexity index is 915. The summed E-state index contributed by atoms with van der Waals surface area (Å²) in [5, 5.41) is 2.47. The van der Waals surface area contributed by atoms with Crippen molar-refractivity contribution in [3.05, 3.63) is 47.9 Å². The van der Waals surface area contributed by atoms with Gasteiger partial charge in [-0.05, 0) is 18.6 Å². The van der Waals surface area contributed by atoms with Gasteiger partial charge >= 0.3 is 0 Å². The van der Waals surface area contributed by atoms with Gasteiger partial charge in [-0.15, -0.1) is 0 Å². The first kappa shape index (κ1) is 18.2. The molecule has 26 heavy (non-hydrogen) atoms. The fraction of sp³-hybridized carbons (Fsp3) is 0.312. The van der Waals surface area contributed by atoms with Crippen molar-refractivity contribution in [1.82, 2.24) is 14.9 Å². The summed E-state index contributed by atoms with van der Waals surface area (Å²) in [5.41, 5.74) is -0.356. The Balaban J connectivity index is 1.72. The van der Waals surface area contributed by atoms with E-state index in [0.717, 1.165) is 12.1 Å². The third-order valence-corrected chi connectivity index (χ3v) is 5.91. The average Bonchev–Trinajstić information content (AvgIpc) is 2.97. The molecule has 10 heteroatoms. The number of carbonyl (C=O) groups is 1. The number of sulfone groups is 1. The van der Waals surface area contributed by atoms with Gasteiger partial charge in [-0.1, -0.05) is 6.07 Å². The van der Waals surface area contributed by atoms with E-state index >= 15 is 0 Å². The molecule has 1 aliphatic heterocycles. The number of benzene rings is 1. The molecule has 3 rings (SSSR count). The molecule has 2 heterocycles. The zero-order valence-electron chi connectivity index (χ0n) is 13.8. The van der Waals surface area contributed by atoms with Crippen LogP contribution < -0.4 is 5.32 Å². The van der Waals surface area contributed by atoms with Crippen molar-refractivity contribution in [2.75, 3.05) is 23.9 Å². The van der Waals surface area contributed by atoms with Crippen LogP contribution in [0.15, 0.2) is 30.6 Å². The summed E-state index contributed by atoms with van der Waals surface area (Å²) in [6.07, 6.45) is 2.73. The number of anilines is 2. The molecular formula is C16H16F2N4O3S. The maximum absolute atomic E-state index is 13.6. The third kappa shape index (κ3) is 3.79. The molecule has 1 aromatic heterocycles. The quantitative estimate of drug-likeness (QED) is 0.866. The molecule has 1 aromatic carbocycles. The van der Waals surface area contributed by atoms with Crippen LogP contribution in [0.2, 0.25) is 0 Å². The number of carbonyl (C=O) groups excluding carboxylic acids is 1. The number of para-hydroxylation sites is 1. The van der Waals surface area contributed by atoms with Crippen LogP contribution in [0.5, 0.6) is 0 Å². The Kier molecular flexibility index (Phi) is 4.86. The maximum Gasteiger partial charge on any atom is 0.274 e. The summed E-state index contributed by atoms with van der Waals surface area (Å²) in [4.78, 5) is 21.6. The van der Waals surface area contributed by atoms with E-state index < -0.39 is 33.4 Å². The summed E-state index contributed by atoms with van der Waals surface area (Å²) in [7, 11) is -1.61. The molecule has 2 aromatic rings. The Morgan fingerprint density at radius 1 is 1.23 bits per heavy atom. The predicted molar refractivity (Wildman–Crippen MR) is 90.8 cm³/mol. The molecule has 7 nitrogen and oxygen atoms in total. The van der Waals surface area contributed by atoms with Crippen molar-refractivity contribution in [3.8, 4) is 0 Å². The van der Waals surface area contributed by atoms with Gasteiger partial charge in [-0.3, -0.25) is 4.79 Å². The molecule has 1 N–H and O–H groups in total. The van der Waals surface area contributed by atoms with Crippen LogP contribution in [-0.4, -0.2) is 53.8 Å². The van der Waals surface area contributed by atoms with Crippen LogP contribution in [0.1, 0.15) is 16.9 Å². The number of hydrogen-bond acceptors (Lipinski definition) is 6. The van der Waals surface area contributed by atoms with Crippen molar-refractivity contribution in [2.45, 2.75) is 12.5 Å². The molecule has 1 fully saturated rings. The molecule has 0 spiro atoms. The molecule has 1 atom stereocenters. The van der Waals surface area contributed by atoms with Gasteiger partial charge in [0, 0.05) is 13.1 Å². The minimum atomic E-state index is -3.12. The average molecular weight is 382 g/mol. The van der Waals surface area contributed by atoms with Gasteiger partial charge in [0.05, 0.1) is 23.9 Å². The highest BCUT2D eigenvalue weighted by molar-refractivity contribution is 7.91. The lowest BCUT2D eigenvalue weighted by molar-refractivity contribution is 0.0741. The lowest BCUT2D eigenvalue weighted by Crippen LogP contribution is -2.38. The summed E-state index contributed by atoms with van der Waals surface area (Å²) in [6, 6.07) is 3.03. The molecule has 0 saturated carbocycles. The van der Waals surface area contributed by atoms with E-state index in [9.17, 15) is 22.0 Å². The normalized spacial score (nSPS) is 18.5. The van der Waals surface area contributed by atoms with Crippen molar-refractivity contribution < 1.29 is 22.0 Å². The Labute approximate surface area is 149 Å². The van der Waals surface area contributed by atoms with Gasteiger partial charge in [0.25, 0.3) is 5.91 Å². The molecular weight excluding hydrogens is 366 g/mol. The lowest BCUT2D eigenvalue weighted by Gasteiger charge is -2.22. The fourth-order valence-electron chi connectivity index (χ4n) is 2.68. The number of aromatic nitrogens is 2. The number of amides is 1. The minimum absolute atomic E-state index is 0.0105. The second-order valence-corrected chi connectivity index (χ2v) is 8.21. The zero-order chi connectivity index (χ0) is 18.9. The van der Waals surface area contributed by atoms with Gasteiger partial charge in [-0.2, -0.15) is 0 Å². The van der Waals surface area contributed by atoms with Crippen LogP contribution in [0.3, 0.4) is 0 Å². The maximum atomic E-state index is 13.6. The van der Waals surface area contributed by atoms with E-state index in [0.29, 0.717) is 6.42 Å². The summed E-state index contributed by atoms with van der Waals surface area (Å²) in [6.45, 7) is 0. The van der Waals surface area contributed by atoms with Gasteiger partial charge in [0.2, 0.25) is 0 Å². The standard InChI is InChI=1S/C16H16F2N4O3S/c1-22(10-5-6-26(24,25)9-10)16(23)13-7-20-14(8-19-13)21-15-11(17)3-2-4-12(15)18/h2-4,7-8,10H,5-6,9H2,1H3,(H,20,21). The second kappa shape index (κ2) is 6.94. The first-order valence-corrected chi connectivity index (χ1v) is 9.59. The topological polar surface area (TPSA) is 92.3 Å². The summed E-state index contributed by atoms with van der Waals surface area (Å²) in [5.74, 6) is -1.99. The van der Waals surface area contributed by atoms with Crippen LogP contribution in [0.4, 0.5) is 20.3 Å². The first-order valence-electron chi connectivity index (χ1n) is 7.77. The highest BCUT2D eigenvalue weighted by atomic mass is 32.2.